The van der Waals surface area contributed by atoms with Crippen LogP contribution in [0.15, 0.2) is 28.8 Å². The van der Waals surface area contributed by atoms with Crippen molar-refractivity contribution in [3.05, 3.63) is 47.4 Å². The molecule has 1 aromatic heterocycles. The van der Waals surface area contributed by atoms with E-state index < -0.39 is 11.7 Å². The number of nitrogens with two attached hydrogens (primary N) is 1. The van der Waals surface area contributed by atoms with Gasteiger partial charge in [-0.05, 0) is 18.2 Å². The summed E-state index contributed by atoms with van der Waals surface area (Å²) in [6.45, 7) is 2.07. The Morgan fingerprint density at radius 3 is 3.00 bits per heavy atom. The van der Waals surface area contributed by atoms with Crippen LogP contribution in [-0.4, -0.2) is 10.9 Å². The van der Waals surface area contributed by atoms with Gasteiger partial charge in [0.2, 0.25) is 5.89 Å². The second-order valence-electron chi connectivity index (χ2n) is 3.99. The molecule has 0 spiro atoms. The third-order valence-electron chi connectivity index (χ3n) is 2.61. The number of nitrogens with zero attached hydrogens (tertiary/aromatic N) is 1. The minimum Gasteiger partial charge on any atom is -0.444 e. The van der Waals surface area contributed by atoms with Crippen molar-refractivity contribution in [1.29, 1.82) is 0 Å². The lowest BCUT2D eigenvalue weighted by Crippen LogP contribution is -2.24. The molecule has 0 atom stereocenters. The van der Waals surface area contributed by atoms with Crippen molar-refractivity contribution in [1.82, 2.24) is 10.3 Å². The standard InChI is InChI=1S/C13H14FN3O2/c1-2-9-6-16-12(19-9)7-17-13(18)10-5-8(14)3-4-11(10)15/h3-6H,2,7,15H2,1H3,(H,17,18). The van der Waals surface area contributed by atoms with Gasteiger partial charge in [-0.2, -0.15) is 0 Å². The van der Waals surface area contributed by atoms with Gasteiger partial charge in [0, 0.05) is 12.1 Å². The number of nitrogen functional groups attached to an aromatic ring is 1. The smallest absolute Gasteiger partial charge is 0.253 e. The first-order valence-corrected chi connectivity index (χ1v) is 5.87. The zero-order valence-corrected chi connectivity index (χ0v) is 10.4. The summed E-state index contributed by atoms with van der Waals surface area (Å²) in [7, 11) is 0. The number of amides is 1. The average Bonchev–Trinajstić information content (AvgIpc) is 2.87. The molecule has 1 aromatic carbocycles. The minimum atomic E-state index is -0.510. The van der Waals surface area contributed by atoms with Gasteiger partial charge in [-0.3, -0.25) is 4.79 Å². The topological polar surface area (TPSA) is 81.2 Å². The molecule has 19 heavy (non-hydrogen) atoms. The lowest BCUT2D eigenvalue weighted by Gasteiger charge is -2.05. The molecule has 0 saturated carbocycles. The van der Waals surface area contributed by atoms with Gasteiger partial charge in [0.25, 0.3) is 5.91 Å². The van der Waals surface area contributed by atoms with Crippen molar-refractivity contribution in [2.24, 2.45) is 0 Å². The van der Waals surface area contributed by atoms with Crippen LogP contribution in [-0.2, 0) is 13.0 Å². The molecule has 0 aliphatic heterocycles. The molecule has 0 radical (unpaired) electrons. The van der Waals surface area contributed by atoms with Gasteiger partial charge in [0.1, 0.15) is 11.6 Å². The normalized spacial score (nSPS) is 10.4. The fourth-order valence-corrected chi connectivity index (χ4v) is 1.57. The summed E-state index contributed by atoms with van der Waals surface area (Å²) in [5.41, 5.74) is 5.94. The van der Waals surface area contributed by atoms with E-state index in [-0.39, 0.29) is 17.8 Å². The summed E-state index contributed by atoms with van der Waals surface area (Å²) >= 11 is 0. The van der Waals surface area contributed by atoms with E-state index in [4.69, 9.17) is 10.2 Å². The molecular weight excluding hydrogens is 249 g/mol. The Labute approximate surface area is 109 Å². The van der Waals surface area contributed by atoms with Gasteiger partial charge in [-0.15, -0.1) is 0 Å². The van der Waals surface area contributed by atoms with E-state index >= 15 is 0 Å². The van der Waals surface area contributed by atoms with E-state index in [2.05, 4.69) is 10.3 Å². The van der Waals surface area contributed by atoms with Crippen LogP contribution >= 0.6 is 0 Å². The summed E-state index contributed by atoms with van der Waals surface area (Å²) in [5, 5.41) is 2.58. The molecule has 0 saturated heterocycles. The molecule has 100 valence electrons. The Morgan fingerprint density at radius 1 is 1.53 bits per heavy atom. The fourth-order valence-electron chi connectivity index (χ4n) is 1.57. The predicted octanol–water partition coefficient (Wildman–Crippen LogP) is 1.89. The molecule has 0 fully saturated rings. The van der Waals surface area contributed by atoms with Crippen LogP contribution in [0.2, 0.25) is 0 Å². The van der Waals surface area contributed by atoms with E-state index in [0.29, 0.717) is 5.89 Å². The van der Waals surface area contributed by atoms with E-state index in [1.807, 2.05) is 6.92 Å². The zero-order valence-electron chi connectivity index (χ0n) is 10.4. The molecule has 0 unspecified atom stereocenters. The van der Waals surface area contributed by atoms with Crippen molar-refractivity contribution in [3.8, 4) is 0 Å². The molecule has 1 heterocycles. The van der Waals surface area contributed by atoms with Gasteiger partial charge in [0.15, 0.2) is 0 Å². The van der Waals surface area contributed by atoms with Crippen molar-refractivity contribution in [3.63, 3.8) is 0 Å². The second-order valence-corrected chi connectivity index (χ2v) is 3.99. The quantitative estimate of drug-likeness (QED) is 0.825. The first-order valence-electron chi connectivity index (χ1n) is 5.87. The molecule has 3 N–H and O–H groups in total. The predicted molar refractivity (Wildman–Crippen MR) is 67.9 cm³/mol. The molecule has 2 aromatic rings. The maximum absolute atomic E-state index is 13.1. The van der Waals surface area contributed by atoms with E-state index in [1.165, 1.54) is 12.1 Å². The summed E-state index contributed by atoms with van der Waals surface area (Å²) < 4.78 is 18.4. The van der Waals surface area contributed by atoms with Crippen LogP contribution in [0.3, 0.4) is 0 Å². The van der Waals surface area contributed by atoms with Crippen LogP contribution in [0.25, 0.3) is 0 Å². The average molecular weight is 263 g/mol. The summed E-state index contributed by atoms with van der Waals surface area (Å²) in [5.74, 6) is 0.173. The van der Waals surface area contributed by atoms with E-state index in [1.54, 1.807) is 6.20 Å². The maximum atomic E-state index is 13.1. The van der Waals surface area contributed by atoms with Gasteiger partial charge in [-0.1, -0.05) is 6.92 Å². The molecule has 0 bridgehead atoms. The monoisotopic (exact) mass is 263 g/mol. The molecule has 0 aliphatic carbocycles. The third kappa shape index (κ3) is 3.09. The number of anilines is 1. The number of nitrogens with one attached hydrogen (secondary N) is 1. The number of hydrogen-bond acceptors (Lipinski definition) is 4. The Morgan fingerprint density at radius 2 is 2.32 bits per heavy atom. The molecular formula is C13H14FN3O2. The third-order valence-corrected chi connectivity index (χ3v) is 2.61. The number of hydrogen-bond donors (Lipinski definition) is 2. The highest BCUT2D eigenvalue weighted by Crippen LogP contribution is 2.13. The number of aryl methyl sites for hydroxylation is 1. The number of carbonyl (C=O) groups excluding carboxylic acids is 1. The van der Waals surface area contributed by atoms with Gasteiger partial charge < -0.3 is 15.5 Å². The molecule has 5 nitrogen and oxygen atoms in total. The Hall–Kier alpha value is -2.37. The molecule has 0 aliphatic rings. The van der Waals surface area contributed by atoms with Gasteiger partial charge >= 0.3 is 0 Å². The van der Waals surface area contributed by atoms with E-state index in [0.717, 1.165) is 18.2 Å². The number of aromatic nitrogens is 1. The highest BCUT2D eigenvalue weighted by atomic mass is 19.1. The first-order chi connectivity index (χ1) is 9.10. The number of halogens is 1. The molecule has 6 heteroatoms. The van der Waals surface area contributed by atoms with Crippen molar-refractivity contribution in [2.75, 3.05) is 5.73 Å². The first kappa shape index (κ1) is 13.1. The lowest BCUT2D eigenvalue weighted by molar-refractivity contribution is 0.0947. The van der Waals surface area contributed by atoms with Crippen LogP contribution in [0, 0.1) is 5.82 Å². The van der Waals surface area contributed by atoms with Crippen LogP contribution in [0.4, 0.5) is 10.1 Å². The van der Waals surface area contributed by atoms with Crippen LogP contribution < -0.4 is 11.1 Å². The maximum Gasteiger partial charge on any atom is 0.253 e. The van der Waals surface area contributed by atoms with E-state index in [9.17, 15) is 9.18 Å². The highest BCUT2D eigenvalue weighted by molar-refractivity contribution is 5.99. The van der Waals surface area contributed by atoms with Crippen LogP contribution in [0.5, 0.6) is 0 Å². The minimum absolute atomic E-state index is 0.0993. The number of rotatable bonds is 4. The number of carbonyl (C=O) groups is 1. The van der Waals surface area contributed by atoms with Gasteiger partial charge in [0.05, 0.1) is 18.3 Å². The Bertz CT molecular complexity index is 595. The lowest BCUT2D eigenvalue weighted by atomic mass is 10.1. The second kappa shape index (κ2) is 5.51. The van der Waals surface area contributed by atoms with Crippen molar-refractivity contribution >= 4 is 11.6 Å². The summed E-state index contributed by atoms with van der Waals surface area (Å²) in [6.07, 6.45) is 2.34. The summed E-state index contributed by atoms with van der Waals surface area (Å²) in [4.78, 5) is 15.8. The van der Waals surface area contributed by atoms with Gasteiger partial charge in [-0.25, -0.2) is 9.37 Å². The van der Waals surface area contributed by atoms with Crippen molar-refractivity contribution in [2.45, 2.75) is 19.9 Å². The zero-order chi connectivity index (χ0) is 13.8. The summed E-state index contributed by atoms with van der Waals surface area (Å²) in [6, 6.07) is 3.65. The fraction of sp³-hybridized carbons (Fsp3) is 0.231. The largest absolute Gasteiger partial charge is 0.444 e. The number of benzene rings is 1. The Balaban J connectivity index is 2.03. The number of oxazole rings is 1. The van der Waals surface area contributed by atoms with Crippen LogP contribution in [0.1, 0.15) is 28.9 Å². The SMILES string of the molecule is CCc1cnc(CNC(=O)c2cc(F)ccc2N)o1. The van der Waals surface area contributed by atoms with Crippen molar-refractivity contribution < 1.29 is 13.6 Å². The Kier molecular flexibility index (Phi) is 3.79. The highest BCUT2D eigenvalue weighted by Gasteiger charge is 2.12. The molecule has 2 rings (SSSR count). The molecule has 1 amide bonds.